The van der Waals surface area contributed by atoms with Crippen molar-refractivity contribution in [3.8, 4) is 0 Å². The first-order chi connectivity index (χ1) is 18.4. The van der Waals surface area contributed by atoms with E-state index in [1.165, 1.54) is 7.11 Å². The second-order valence-electron chi connectivity index (χ2n) is 9.70. The van der Waals surface area contributed by atoms with Crippen LogP contribution in [0, 0.1) is 17.8 Å². The highest BCUT2D eigenvalue weighted by Gasteiger charge is 2.31. The van der Waals surface area contributed by atoms with Gasteiger partial charge in [-0.1, -0.05) is 62.4 Å². The summed E-state index contributed by atoms with van der Waals surface area (Å²) in [6, 6.07) is 18.2. The van der Waals surface area contributed by atoms with Gasteiger partial charge in [-0.15, -0.1) is 0 Å². The molecule has 0 aromatic heterocycles. The van der Waals surface area contributed by atoms with E-state index in [4.69, 9.17) is 19.3 Å². The van der Waals surface area contributed by atoms with Crippen LogP contribution >= 0.6 is 0 Å². The number of carbonyl (C=O) groups is 3. The molecule has 0 amide bonds. The second kappa shape index (κ2) is 14.5. The van der Waals surface area contributed by atoms with Gasteiger partial charge in [0.2, 0.25) is 0 Å². The summed E-state index contributed by atoms with van der Waals surface area (Å²) in [7, 11) is 1.30. The van der Waals surface area contributed by atoms with Gasteiger partial charge in [0.25, 0.3) is 0 Å². The number of aliphatic hydroxyl groups is 1. The third kappa shape index (κ3) is 7.54. The van der Waals surface area contributed by atoms with E-state index in [1.54, 1.807) is 6.92 Å². The molecule has 0 aliphatic heterocycles. The first kappa shape index (κ1) is 29.1. The molecule has 0 heterocycles. The van der Waals surface area contributed by atoms with Gasteiger partial charge in [-0.25, -0.2) is 0 Å². The van der Waals surface area contributed by atoms with E-state index in [1.807, 2.05) is 55.5 Å². The van der Waals surface area contributed by atoms with Gasteiger partial charge in [0.1, 0.15) is 6.61 Å². The molecule has 0 saturated heterocycles. The minimum atomic E-state index is -0.643. The minimum Gasteiger partial charge on any atom is -0.469 e. The SMILES string of the molecule is CCC(CC(CC(C)C(=O)OCc1c2ccccc2cc2ccccc12)C(=O)OC)C(=O)OCCCCO. The average Bonchev–Trinajstić information content (AvgIpc) is 2.94. The van der Waals surface area contributed by atoms with E-state index in [2.05, 4.69) is 6.07 Å². The Labute approximate surface area is 224 Å². The molecule has 0 aliphatic carbocycles. The second-order valence-corrected chi connectivity index (χ2v) is 9.70. The monoisotopic (exact) mass is 522 g/mol. The summed E-state index contributed by atoms with van der Waals surface area (Å²) >= 11 is 0. The van der Waals surface area contributed by atoms with Crippen LogP contribution in [0.3, 0.4) is 0 Å². The number of fused-ring (bicyclic) bond motifs is 2. The van der Waals surface area contributed by atoms with Crippen LogP contribution in [0.5, 0.6) is 0 Å². The lowest BCUT2D eigenvalue weighted by molar-refractivity contribution is -0.153. The quantitative estimate of drug-likeness (QED) is 0.128. The van der Waals surface area contributed by atoms with Gasteiger partial charge < -0.3 is 19.3 Å². The highest BCUT2D eigenvalue weighted by atomic mass is 16.5. The van der Waals surface area contributed by atoms with Gasteiger partial charge >= 0.3 is 17.9 Å². The molecule has 7 heteroatoms. The van der Waals surface area contributed by atoms with Crippen molar-refractivity contribution < 1.29 is 33.7 Å². The van der Waals surface area contributed by atoms with E-state index < -0.39 is 29.7 Å². The maximum atomic E-state index is 13.0. The zero-order valence-corrected chi connectivity index (χ0v) is 22.5. The molecule has 0 spiro atoms. The van der Waals surface area contributed by atoms with E-state index in [0.29, 0.717) is 19.3 Å². The van der Waals surface area contributed by atoms with Crippen LogP contribution < -0.4 is 0 Å². The predicted octanol–water partition coefficient (Wildman–Crippen LogP) is 5.58. The Morgan fingerprint density at radius 1 is 0.816 bits per heavy atom. The Morgan fingerprint density at radius 2 is 1.45 bits per heavy atom. The first-order valence-electron chi connectivity index (χ1n) is 13.3. The van der Waals surface area contributed by atoms with Crippen molar-refractivity contribution >= 4 is 39.5 Å². The van der Waals surface area contributed by atoms with Crippen LogP contribution in [-0.2, 0) is 35.2 Å². The summed E-state index contributed by atoms with van der Waals surface area (Å²) in [6.07, 6.45) is 2.07. The number of esters is 3. The van der Waals surface area contributed by atoms with Gasteiger partial charge in [0.15, 0.2) is 0 Å². The van der Waals surface area contributed by atoms with E-state index >= 15 is 0 Å². The molecule has 0 saturated carbocycles. The summed E-state index contributed by atoms with van der Waals surface area (Å²) in [5, 5.41) is 13.1. The molecule has 1 N–H and O–H groups in total. The van der Waals surface area contributed by atoms with Crippen LogP contribution in [0.2, 0.25) is 0 Å². The van der Waals surface area contributed by atoms with Crippen LogP contribution in [0.15, 0.2) is 54.6 Å². The standard InChI is InChI=1S/C31H38O7/c1-4-22(31(35)37-16-10-9-15-32)18-25(30(34)36-3)17-21(2)29(33)38-20-28-26-13-7-5-11-23(26)19-24-12-6-8-14-27(24)28/h5-8,11-14,19,21-22,25,32H,4,9-10,15-18,20H2,1-3H3. The van der Waals surface area contributed by atoms with E-state index in [-0.39, 0.29) is 38.6 Å². The van der Waals surface area contributed by atoms with Gasteiger partial charge in [0, 0.05) is 12.2 Å². The van der Waals surface area contributed by atoms with E-state index in [9.17, 15) is 14.4 Å². The third-order valence-corrected chi connectivity index (χ3v) is 7.01. The zero-order chi connectivity index (χ0) is 27.5. The molecule has 38 heavy (non-hydrogen) atoms. The lowest BCUT2D eigenvalue weighted by Gasteiger charge is -2.22. The van der Waals surface area contributed by atoms with Crippen LogP contribution in [0.4, 0.5) is 0 Å². The zero-order valence-electron chi connectivity index (χ0n) is 22.5. The lowest BCUT2D eigenvalue weighted by atomic mass is 9.86. The number of hydrogen-bond donors (Lipinski definition) is 1. The van der Waals surface area contributed by atoms with Gasteiger partial charge in [-0.05, 0) is 59.7 Å². The van der Waals surface area contributed by atoms with Crippen LogP contribution in [0.1, 0.15) is 51.5 Å². The molecule has 204 valence electrons. The molecule has 0 radical (unpaired) electrons. The molecule has 3 unspecified atom stereocenters. The number of hydrogen-bond acceptors (Lipinski definition) is 7. The van der Waals surface area contributed by atoms with Crippen molar-refractivity contribution in [1.82, 2.24) is 0 Å². The summed E-state index contributed by atoms with van der Waals surface area (Å²) in [5.41, 5.74) is 0.943. The smallest absolute Gasteiger partial charge is 0.309 e. The van der Waals surface area contributed by atoms with Crippen LogP contribution in [-0.4, -0.2) is 43.3 Å². The van der Waals surface area contributed by atoms with Crippen molar-refractivity contribution in [1.29, 1.82) is 0 Å². The molecule has 3 aromatic rings. The molecule has 0 fully saturated rings. The number of aliphatic hydroxyl groups excluding tert-OH is 1. The highest BCUT2D eigenvalue weighted by Crippen LogP contribution is 2.30. The summed E-state index contributed by atoms with van der Waals surface area (Å²) < 4.78 is 16.1. The number of rotatable bonds is 14. The number of carbonyl (C=O) groups excluding carboxylic acids is 3. The summed E-state index contributed by atoms with van der Waals surface area (Å²) in [5.74, 6) is -2.95. The first-order valence-corrected chi connectivity index (χ1v) is 13.3. The maximum Gasteiger partial charge on any atom is 0.309 e. The summed E-state index contributed by atoms with van der Waals surface area (Å²) in [4.78, 5) is 38.2. The normalized spacial score (nSPS) is 13.6. The van der Waals surface area contributed by atoms with Crippen LogP contribution in [0.25, 0.3) is 21.5 Å². The molecular formula is C31H38O7. The largest absolute Gasteiger partial charge is 0.469 e. The average molecular weight is 523 g/mol. The molecule has 3 rings (SSSR count). The third-order valence-electron chi connectivity index (χ3n) is 7.01. The predicted molar refractivity (Wildman–Crippen MR) is 146 cm³/mol. The van der Waals surface area contributed by atoms with Crippen molar-refractivity contribution in [2.24, 2.45) is 17.8 Å². The molecule has 0 aliphatic rings. The number of methoxy groups -OCH3 is 1. The number of unbranched alkanes of at least 4 members (excludes halogenated alkanes) is 1. The van der Waals surface area contributed by atoms with E-state index in [0.717, 1.165) is 27.1 Å². The Kier molecular flexibility index (Phi) is 11.1. The Bertz CT molecular complexity index is 1180. The summed E-state index contributed by atoms with van der Waals surface area (Å²) in [6.45, 7) is 3.98. The van der Waals surface area contributed by atoms with Crippen molar-refractivity contribution in [2.75, 3.05) is 20.3 Å². The molecular weight excluding hydrogens is 484 g/mol. The van der Waals surface area contributed by atoms with Crippen molar-refractivity contribution in [3.63, 3.8) is 0 Å². The highest BCUT2D eigenvalue weighted by molar-refractivity contribution is 6.02. The fraction of sp³-hybridized carbons (Fsp3) is 0.452. The minimum absolute atomic E-state index is 0.0455. The Balaban J connectivity index is 1.68. The fourth-order valence-corrected chi connectivity index (χ4v) is 4.80. The molecule has 0 bridgehead atoms. The van der Waals surface area contributed by atoms with Crippen molar-refractivity contribution in [2.45, 2.75) is 52.6 Å². The topological polar surface area (TPSA) is 99.1 Å². The van der Waals surface area contributed by atoms with Gasteiger partial charge in [0.05, 0.1) is 31.5 Å². The number of benzene rings is 3. The molecule has 3 atom stereocenters. The molecule has 3 aromatic carbocycles. The molecule has 7 nitrogen and oxygen atoms in total. The van der Waals surface area contributed by atoms with Gasteiger partial charge in [-0.2, -0.15) is 0 Å². The Morgan fingerprint density at radius 3 is 2.03 bits per heavy atom. The maximum absolute atomic E-state index is 13.0. The lowest BCUT2D eigenvalue weighted by Crippen LogP contribution is -2.28. The van der Waals surface area contributed by atoms with Gasteiger partial charge in [-0.3, -0.25) is 14.4 Å². The fourth-order valence-electron chi connectivity index (χ4n) is 4.80. The Hall–Kier alpha value is -3.45. The number of ether oxygens (including phenoxy) is 3. The van der Waals surface area contributed by atoms with Crippen molar-refractivity contribution in [3.05, 3.63) is 60.2 Å².